The molecule has 0 bridgehead atoms. The maximum atomic E-state index is 11.6. The van der Waals surface area contributed by atoms with Gasteiger partial charge in [-0.1, -0.05) is 13.3 Å². The van der Waals surface area contributed by atoms with Crippen molar-refractivity contribution in [2.75, 3.05) is 11.9 Å². The molecule has 2 rings (SSSR count). The van der Waals surface area contributed by atoms with Gasteiger partial charge in [-0.3, -0.25) is 0 Å². The molecule has 5 nitrogen and oxygen atoms in total. The Morgan fingerprint density at radius 2 is 2.10 bits per heavy atom. The SMILES string of the molecule is CCCCNC(=O)Nc1ccc(-n2cc(Br)cn2)cc1. The van der Waals surface area contributed by atoms with Crippen molar-refractivity contribution in [2.24, 2.45) is 0 Å². The molecule has 6 heteroatoms. The van der Waals surface area contributed by atoms with E-state index in [9.17, 15) is 4.79 Å². The molecule has 0 saturated heterocycles. The number of hydrogen-bond acceptors (Lipinski definition) is 2. The molecule has 2 N–H and O–H groups in total. The second-order valence-corrected chi connectivity index (χ2v) is 5.30. The molecule has 0 aliphatic rings. The van der Waals surface area contributed by atoms with E-state index in [0.29, 0.717) is 6.54 Å². The smallest absolute Gasteiger partial charge is 0.319 e. The van der Waals surface area contributed by atoms with Crippen LogP contribution in [-0.4, -0.2) is 22.4 Å². The van der Waals surface area contributed by atoms with Gasteiger partial charge in [0.25, 0.3) is 0 Å². The zero-order chi connectivity index (χ0) is 14.4. The molecule has 0 unspecified atom stereocenters. The van der Waals surface area contributed by atoms with Gasteiger partial charge in [0.2, 0.25) is 0 Å². The standard InChI is InChI=1S/C14H17BrN4O/c1-2-3-8-16-14(20)18-12-4-6-13(7-5-12)19-10-11(15)9-17-19/h4-7,9-10H,2-3,8H2,1H3,(H2,16,18,20). The Morgan fingerprint density at radius 1 is 1.35 bits per heavy atom. The fourth-order valence-corrected chi connectivity index (χ4v) is 1.98. The first-order valence-electron chi connectivity index (χ1n) is 6.54. The fourth-order valence-electron chi connectivity index (χ4n) is 1.69. The number of nitrogens with zero attached hydrogens (tertiary/aromatic N) is 2. The Balaban J connectivity index is 1.93. The lowest BCUT2D eigenvalue weighted by atomic mass is 10.3. The first-order valence-corrected chi connectivity index (χ1v) is 7.34. The number of hydrogen-bond donors (Lipinski definition) is 2. The summed E-state index contributed by atoms with van der Waals surface area (Å²) in [6.07, 6.45) is 5.65. The van der Waals surface area contributed by atoms with Gasteiger partial charge in [0.1, 0.15) is 0 Å². The number of urea groups is 1. The lowest BCUT2D eigenvalue weighted by Crippen LogP contribution is -2.29. The summed E-state index contributed by atoms with van der Waals surface area (Å²) in [5.74, 6) is 0. The molecule has 0 radical (unpaired) electrons. The maximum absolute atomic E-state index is 11.6. The third kappa shape index (κ3) is 4.09. The maximum Gasteiger partial charge on any atom is 0.319 e. The van der Waals surface area contributed by atoms with Crippen molar-refractivity contribution >= 4 is 27.6 Å². The van der Waals surface area contributed by atoms with Crippen molar-refractivity contribution in [1.82, 2.24) is 15.1 Å². The highest BCUT2D eigenvalue weighted by Crippen LogP contribution is 2.15. The highest BCUT2D eigenvalue weighted by atomic mass is 79.9. The molecule has 0 spiro atoms. The fraction of sp³-hybridized carbons (Fsp3) is 0.286. The van der Waals surface area contributed by atoms with Crippen molar-refractivity contribution in [3.63, 3.8) is 0 Å². The van der Waals surface area contributed by atoms with Crippen LogP contribution in [0.1, 0.15) is 19.8 Å². The molecule has 1 aromatic heterocycles. The van der Waals surface area contributed by atoms with Crippen molar-refractivity contribution in [3.8, 4) is 5.69 Å². The summed E-state index contributed by atoms with van der Waals surface area (Å²) in [7, 11) is 0. The molecular formula is C14H17BrN4O. The second kappa shape index (κ2) is 7.09. The molecule has 106 valence electrons. The molecule has 0 fully saturated rings. The number of nitrogens with one attached hydrogen (secondary N) is 2. The number of benzene rings is 1. The van der Waals surface area contributed by atoms with Crippen LogP contribution in [0.15, 0.2) is 41.1 Å². The quantitative estimate of drug-likeness (QED) is 0.820. The van der Waals surface area contributed by atoms with E-state index < -0.39 is 0 Å². The van der Waals surface area contributed by atoms with Crippen LogP contribution in [-0.2, 0) is 0 Å². The number of halogens is 1. The number of aromatic nitrogens is 2. The van der Waals surface area contributed by atoms with Crippen LogP contribution in [0, 0.1) is 0 Å². The number of rotatable bonds is 5. The molecule has 0 aliphatic heterocycles. The van der Waals surface area contributed by atoms with E-state index in [1.54, 1.807) is 10.9 Å². The van der Waals surface area contributed by atoms with E-state index in [-0.39, 0.29) is 6.03 Å². The zero-order valence-corrected chi connectivity index (χ0v) is 12.9. The molecule has 20 heavy (non-hydrogen) atoms. The number of carbonyl (C=O) groups excluding carboxylic acids is 1. The Morgan fingerprint density at radius 3 is 2.70 bits per heavy atom. The van der Waals surface area contributed by atoms with Crippen LogP contribution in [0.3, 0.4) is 0 Å². The van der Waals surface area contributed by atoms with Crippen molar-refractivity contribution in [3.05, 3.63) is 41.1 Å². The molecule has 1 heterocycles. The highest BCUT2D eigenvalue weighted by molar-refractivity contribution is 9.10. The van der Waals surface area contributed by atoms with Crippen molar-refractivity contribution < 1.29 is 4.79 Å². The average Bonchev–Trinajstić information content (AvgIpc) is 2.86. The number of carbonyl (C=O) groups is 1. The van der Waals surface area contributed by atoms with Crippen LogP contribution in [0.5, 0.6) is 0 Å². The molecule has 0 atom stereocenters. The van der Waals surface area contributed by atoms with Crippen LogP contribution in [0.25, 0.3) is 5.69 Å². The zero-order valence-electron chi connectivity index (χ0n) is 11.3. The normalized spacial score (nSPS) is 10.3. The van der Waals surface area contributed by atoms with E-state index in [2.05, 4.69) is 38.6 Å². The first-order chi connectivity index (χ1) is 9.69. The van der Waals surface area contributed by atoms with Gasteiger partial charge in [0.15, 0.2) is 0 Å². The topological polar surface area (TPSA) is 59.0 Å². The largest absolute Gasteiger partial charge is 0.338 e. The minimum Gasteiger partial charge on any atom is -0.338 e. The number of unbranched alkanes of at least 4 members (excludes halogenated alkanes) is 1. The lowest BCUT2D eigenvalue weighted by Gasteiger charge is -2.08. The molecule has 1 aromatic carbocycles. The minimum absolute atomic E-state index is 0.173. The van der Waals surface area contributed by atoms with Gasteiger partial charge in [-0.2, -0.15) is 5.10 Å². The van der Waals surface area contributed by atoms with Gasteiger partial charge < -0.3 is 10.6 Å². The second-order valence-electron chi connectivity index (χ2n) is 4.38. The Hall–Kier alpha value is -1.82. The van der Waals surface area contributed by atoms with Crippen LogP contribution < -0.4 is 10.6 Å². The summed E-state index contributed by atoms with van der Waals surface area (Å²) >= 11 is 3.36. The van der Waals surface area contributed by atoms with Crippen LogP contribution in [0.4, 0.5) is 10.5 Å². The minimum atomic E-state index is -0.173. The monoisotopic (exact) mass is 336 g/mol. The summed E-state index contributed by atoms with van der Waals surface area (Å²) < 4.78 is 2.69. The van der Waals surface area contributed by atoms with Gasteiger partial charge in [-0.05, 0) is 46.6 Å². The Bertz CT molecular complexity index is 565. The predicted molar refractivity (Wildman–Crippen MR) is 83.2 cm³/mol. The molecule has 2 aromatic rings. The number of amides is 2. The predicted octanol–water partition coefficient (Wildman–Crippen LogP) is 3.56. The van der Waals surface area contributed by atoms with Crippen molar-refractivity contribution in [2.45, 2.75) is 19.8 Å². The highest BCUT2D eigenvalue weighted by Gasteiger charge is 2.02. The lowest BCUT2D eigenvalue weighted by molar-refractivity contribution is 0.252. The third-order valence-electron chi connectivity index (χ3n) is 2.76. The van der Waals surface area contributed by atoms with Gasteiger partial charge >= 0.3 is 6.03 Å². The van der Waals surface area contributed by atoms with Gasteiger partial charge in [-0.15, -0.1) is 0 Å². The number of anilines is 1. The summed E-state index contributed by atoms with van der Waals surface area (Å²) in [5.41, 5.74) is 1.70. The Labute approximate surface area is 126 Å². The van der Waals surface area contributed by atoms with Crippen LogP contribution >= 0.6 is 15.9 Å². The third-order valence-corrected chi connectivity index (χ3v) is 3.17. The van der Waals surface area contributed by atoms with E-state index >= 15 is 0 Å². The summed E-state index contributed by atoms with van der Waals surface area (Å²) in [6.45, 7) is 2.79. The van der Waals surface area contributed by atoms with Gasteiger partial charge in [0.05, 0.1) is 16.4 Å². The molecule has 0 saturated carbocycles. The molecular weight excluding hydrogens is 320 g/mol. The first kappa shape index (κ1) is 14.6. The van der Waals surface area contributed by atoms with Gasteiger partial charge in [0, 0.05) is 18.4 Å². The summed E-state index contributed by atoms with van der Waals surface area (Å²) in [6, 6.07) is 7.34. The summed E-state index contributed by atoms with van der Waals surface area (Å²) in [5, 5.41) is 9.80. The van der Waals surface area contributed by atoms with Crippen molar-refractivity contribution in [1.29, 1.82) is 0 Å². The van der Waals surface area contributed by atoms with Gasteiger partial charge in [-0.25, -0.2) is 9.48 Å². The van der Waals surface area contributed by atoms with E-state index in [1.807, 2.05) is 30.5 Å². The summed E-state index contributed by atoms with van der Waals surface area (Å²) in [4.78, 5) is 11.6. The molecule has 0 aliphatic carbocycles. The average molecular weight is 337 g/mol. The molecule has 2 amide bonds. The Kier molecular flexibility index (Phi) is 5.17. The van der Waals surface area contributed by atoms with E-state index in [0.717, 1.165) is 28.7 Å². The van der Waals surface area contributed by atoms with E-state index in [1.165, 1.54) is 0 Å². The van der Waals surface area contributed by atoms with E-state index in [4.69, 9.17) is 0 Å². The van der Waals surface area contributed by atoms with Crippen LogP contribution in [0.2, 0.25) is 0 Å².